The lowest BCUT2D eigenvalue weighted by Crippen LogP contribution is -2.43. The minimum absolute atomic E-state index is 0.190. The minimum atomic E-state index is 0.190. The number of likely N-dealkylation sites (tertiary alicyclic amines) is 1. The van der Waals surface area contributed by atoms with E-state index >= 15 is 0 Å². The highest BCUT2D eigenvalue weighted by Gasteiger charge is 2.17. The smallest absolute Gasteiger partial charge is 0.220 e. The van der Waals surface area contributed by atoms with Crippen LogP contribution < -0.4 is 11.1 Å². The molecular formula is C12H25N3O. The van der Waals surface area contributed by atoms with E-state index in [2.05, 4.69) is 17.3 Å². The molecule has 1 amide bonds. The molecule has 1 heterocycles. The van der Waals surface area contributed by atoms with Gasteiger partial charge in [0.15, 0.2) is 0 Å². The average molecular weight is 227 g/mol. The molecule has 4 heteroatoms. The van der Waals surface area contributed by atoms with Crippen molar-refractivity contribution >= 4 is 5.91 Å². The molecule has 0 aromatic rings. The summed E-state index contributed by atoms with van der Waals surface area (Å²) in [5.41, 5.74) is 5.64. The van der Waals surface area contributed by atoms with Gasteiger partial charge in [-0.05, 0) is 52.7 Å². The zero-order valence-corrected chi connectivity index (χ0v) is 10.5. The third kappa shape index (κ3) is 5.47. The second kappa shape index (κ2) is 6.86. The first-order valence-corrected chi connectivity index (χ1v) is 6.31. The number of nitrogens with zero attached hydrogens (tertiary/aromatic N) is 1. The van der Waals surface area contributed by atoms with Crippen molar-refractivity contribution in [1.29, 1.82) is 0 Å². The van der Waals surface area contributed by atoms with Crippen LogP contribution in [0.5, 0.6) is 0 Å². The van der Waals surface area contributed by atoms with Gasteiger partial charge in [-0.1, -0.05) is 0 Å². The summed E-state index contributed by atoms with van der Waals surface area (Å²) in [5.74, 6) is 0.190. The summed E-state index contributed by atoms with van der Waals surface area (Å²) in [6.45, 7) is 4.16. The van der Waals surface area contributed by atoms with Crippen molar-refractivity contribution in [3.63, 3.8) is 0 Å². The van der Waals surface area contributed by atoms with Crippen LogP contribution in [0, 0.1) is 0 Å². The van der Waals surface area contributed by atoms with Gasteiger partial charge in [0.1, 0.15) is 0 Å². The maximum Gasteiger partial charge on any atom is 0.220 e. The summed E-state index contributed by atoms with van der Waals surface area (Å²) in [5, 5.41) is 3.11. The van der Waals surface area contributed by atoms with Crippen molar-refractivity contribution in [2.75, 3.05) is 20.1 Å². The monoisotopic (exact) mass is 227 g/mol. The summed E-state index contributed by atoms with van der Waals surface area (Å²) >= 11 is 0. The highest BCUT2D eigenvalue weighted by Crippen LogP contribution is 2.08. The van der Waals surface area contributed by atoms with Gasteiger partial charge in [0, 0.05) is 18.5 Å². The van der Waals surface area contributed by atoms with Crippen LogP contribution in [0.15, 0.2) is 0 Å². The third-order valence-corrected chi connectivity index (χ3v) is 3.15. The average Bonchev–Trinajstić information content (AvgIpc) is 2.21. The first kappa shape index (κ1) is 13.5. The number of nitrogens with two attached hydrogens (primary N) is 1. The lowest BCUT2D eigenvalue weighted by Gasteiger charge is -2.29. The minimum Gasteiger partial charge on any atom is -0.353 e. The Morgan fingerprint density at radius 2 is 2.12 bits per heavy atom. The molecular weight excluding hydrogens is 202 g/mol. The molecule has 1 fully saturated rings. The molecule has 1 rings (SSSR count). The van der Waals surface area contributed by atoms with Gasteiger partial charge in [0.05, 0.1) is 0 Å². The van der Waals surface area contributed by atoms with Crippen molar-refractivity contribution in [1.82, 2.24) is 10.2 Å². The van der Waals surface area contributed by atoms with E-state index in [-0.39, 0.29) is 11.9 Å². The van der Waals surface area contributed by atoms with Crippen molar-refractivity contribution in [2.45, 2.75) is 51.1 Å². The number of piperidine rings is 1. The van der Waals surface area contributed by atoms with Gasteiger partial charge < -0.3 is 16.0 Å². The van der Waals surface area contributed by atoms with Gasteiger partial charge in [0.2, 0.25) is 5.91 Å². The maximum absolute atomic E-state index is 11.6. The Hall–Kier alpha value is -0.610. The van der Waals surface area contributed by atoms with Gasteiger partial charge >= 0.3 is 0 Å². The van der Waals surface area contributed by atoms with Gasteiger partial charge in [-0.2, -0.15) is 0 Å². The van der Waals surface area contributed by atoms with Gasteiger partial charge in [-0.25, -0.2) is 0 Å². The van der Waals surface area contributed by atoms with Gasteiger partial charge in [0.25, 0.3) is 0 Å². The van der Waals surface area contributed by atoms with Crippen LogP contribution in [0.2, 0.25) is 0 Å². The lowest BCUT2D eigenvalue weighted by molar-refractivity contribution is -0.122. The second-order valence-electron chi connectivity index (χ2n) is 5.01. The van der Waals surface area contributed by atoms with Crippen molar-refractivity contribution in [2.24, 2.45) is 5.73 Å². The topological polar surface area (TPSA) is 58.4 Å². The molecule has 16 heavy (non-hydrogen) atoms. The summed E-state index contributed by atoms with van der Waals surface area (Å²) in [6, 6.07) is 0.593. The fraction of sp³-hybridized carbons (Fsp3) is 0.917. The van der Waals surface area contributed by atoms with Crippen molar-refractivity contribution in [3.05, 3.63) is 0 Å². The van der Waals surface area contributed by atoms with Crippen LogP contribution in [0.3, 0.4) is 0 Å². The molecule has 0 radical (unpaired) electrons. The number of carbonyl (C=O) groups excluding carboxylic acids is 1. The molecule has 1 aliphatic heterocycles. The third-order valence-electron chi connectivity index (χ3n) is 3.15. The summed E-state index contributed by atoms with van der Waals surface area (Å²) in [7, 11) is 2.13. The van der Waals surface area contributed by atoms with Crippen molar-refractivity contribution < 1.29 is 4.79 Å². The zero-order valence-electron chi connectivity index (χ0n) is 10.5. The molecule has 1 atom stereocenters. The van der Waals surface area contributed by atoms with E-state index in [1.807, 2.05) is 6.92 Å². The molecule has 1 saturated heterocycles. The fourth-order valence-electron chi connectivity index (χ4n) is 2.04. The summed E-state index contributed by atoms with van der Waals surface area (Å²) < 4.78 is 0. The molecule has 4 nitrogen and oxygen atoms in total. The Labute approximate surface area is 98.6 Å². The summed E-state index contributed by atoms with van der Waals surface area (Å²) in [4.78, 5) is 13.9. The Morgan fingerprint density at radius 3 is 2.69 bits per heavy atom. The molecule has 0 bridgehead atoms. The van der Waals surface area contributed by atoms with Crippen LogP contribution in [0.1, 0.15) is 39.0 Å². The Morgan fingerprint density at radius 1 is 1.50 bits per heavy atom. The summed E-state index contributed by atoms with van der Waals surface area (Å²) in [6.07, 6.45) is 4.61. The number of amides is 1. The molecule has 0 aliphatic carbocycles. The van der Waals surface area contributed by atoms with Crippen molar-refractivity contribution in [3.8, 4) is 0 Å². The van der Waals surface area contributed by atoms with Gasteiger partial charge in [-0.3, -0.25) is 4.79 Å². The largest absolute Gasteiger partial charge is 0.353 e. The van der Waals surface area contributed by atoms with Crippen LogP contribution in [-0.4, -0.2) is 43.0 Å². The van der Waals surface area contributed by atoms with Crippen LogP contribution in [0.25, 0.3) is 0 Å². The standard InChI is InChI=1S/C12H25N3O/c1-10(13)4-3-5-12(16)14-11-6-8-15(2)9-7-11/h10-11H,3-9,13H2,1-2H3,(H,14,16). The SMILES string of the molecule is CC(N)CCCC(=O)NC1CCN(C)CC1. The van der Waals surface area contributed by atoms with E-state index < -0.39 is 0 Å². The predicted molar refractivity (Wildman–Crippen MR) is 66.2 cm³/mol. The molecule has 0 aromatic heterocycles. The Bertz CT molecular complexity index is 210. The number of rotatable bonds is 5. The second-order valence-corrected chi connectivity index (χ2v) is 5.01. The molecule has 1 unspecified atom stereocenters. The molecule has 0 saturated carbocycles. The fourth-order valence-corrected chi connectivity index (χ4v) is 2.04. The number of hydrogen-bond acceptors (Lipinski definition) is 3. The van der Waals surface area contributed by atoms with E-state index in [0.717, 1.165) is 38.8 Å². The lowest BCUT2D eigenvalue weighted by atomic mass is 10.0. The van der Waals surface area contributed by atoms with E-state index in [4.69, 9.17) is 5.73 Å². The number of carbonyl (C=O) groups is 1. The van der Waals surface area contributed by atoms with E-state index in [1.165, 1.54) is 0 Å². The molecule has 3 N–H and O–H groups in total. The van der Waals surface area contributed by atoms with Crippen LogP contribution in [-0.2, 0) is 4.79 Å². The first-order chi connectivity index (χ1) is 7.58. The highest BCUT2D eigenvalue weighted by molar-refractivity contribution is 5.76. The number of hydrogen-bond donors (Lipinski definition) is 2. The zero-order chi connectivity index (χ0) is 12.0. The normalized spacial score (nSPS) is 20.7. The van der Waals surface area contributed by atoms with E-state index in [1.54, 1.807) is 0 Å². The Kier molecular flexibility index (Phi) is 5.77. The van der Waals surface area contributed by atoms with Crippen LogP contribution >= 0.6 is 0 Å². The number of nitrogens with one attached hydrogen (secondary N) is 1. The molecule has 0 aromatic carbocycles. The molecule has 0 spiro atoms. The molecule has 1 aliphatic rings. The predicted octanol–water partition coefficient (Wildman–Crippen LogP) is 0.714. The van der Waals surface area contributed by atoms with Gasteiger partial charge in [-0.15, -0.1) is 0 Å². The van der Waals surface area contributed by atoms with Crippen LogP contribution in [0.4, 0.5) is 0 Å². The first-order valence-electron chi connectivity index (χ1n) is 6.31. The van der Waals surface area contributed by atoms with E-state index in [0.29, 0.717) is 12.5 Å². The Balaban J connectivity index is 2.09. The molecule has 94 valence electrons. The highest BCUT2D eigenvalue weighted by atomic mass is 16.1. The quantitative estimate of drug-likeness (QED) is 0.727. The van der Waals surface area contributed by atoms with E-state index in [9.17, 15) is 4.79 Å². The maximum atomic E-state index is 11.6.